The van der Waals surface area contributed by atoms with Crippen molar-refractivity contribution in [3.05, 3.63) is 47.6 Å². The molecule has 0 bridgehead atoms. The molecule has 1 aromatic heterocycles. The third-order valence-corrected chi connectivity index (χ3v) is 6.44. The Kier molecular flexibility index (Phi) is 9.03. The van der Waals surface area contributed by atoms with Crippen LogP contribution in [0.5, 0.6) is 0 Å². The van der Waals surface area contributed by atoms with Crippen LogP contribution in [0.4, 0.5) is 0 Å². The molecule has 1 fully saturated rings. The van der Waals surface area contributed by atoms with E-state index in [2.05, 4.69) is 64.8 Å². The highest BCUT2D eigenvalue weighted by molar-refractivity contribution is 5.89. The average Bonchev–Trinajstić information content (AvgIpc) is 3.24. The highest BCUT2D eigenvalue weighted by atomic mass is 16.5. The number of hydrogen-bond donors (Lipinski definition) is 1. The number of aryl methyl sites for hydroxylation is 1. The maximum atomic E-state index is 12.2. The van der Waals surface area contributed by atoms with Gasteiger partial charge in [-0.3, -0.25) is 4.79 Å². The molecule has 1 aromatic carbocycles. The Morgan fingerprint density at radius 3 is 2.65 bits per heavy atom. The number of rotatable bonds is 11. The van der Waals surface area contributed by atoms with E-state index in [0.717, 1.165) is 18.8 Å². The molecule has 1 unspecified atom stereocenters. The maximum Gasteiger partial charge on any atom is 0.316 e. The summed E-state index contributed by atoms with van der Waals surface area (Å²) in [5.41, 5.74) is 1.43. The second kappa shape index (κ2) is 12.0. The van der Waals surface area contributed by atoms with E-state index in [4.69, 9.17) is 9.26 Å². The minimum Gasteiger partial charge on any atom is -0.377 e. The van der Waals surface area contributed by atoms with Gasteiger partial charge in [-0.2, -0.15) is 4.98 Å². The van der Waals surface area contributed by atoms with Crippen molar-refractivity contribution in [2.24, 2.45) is 11.8 Å². The summed E-state index contributed by atoms with van der Waals surface area (Å²) in [6.45, 7) is 0.876. The molecule has 1 heterocycles. The third-order valence-electron chi connectivity index (χ3n) is 6.44. The van der Waals surface area contributed by atoms with E-state index in [-0.39, 0.29) is 18.4 Å². The summed E-state index contributed by atoms with van der Waals surface area (Å²) in [5.74, 6) is 1.50. The van der Waals surface area contributed by atoms with E-state index >= 15 is 0 Å². The van der Waals surface area contributed by atoms with Crippen LogP contribution in [0.25, 0.3) is 0 Å². The van der Waals surface area contributed by atoms with E-state index in [0.29, 0.717) is 24.3 Å². The highest BCUT2D eigenvalue weighted by Gasteiger charge is 2.28. The molecule has 31 heavy (non-hydrogen) atoms. The SMILES string of the molecule is COCc1noc(C(=O)NCCC2CCC(C(CCc3ccccc3)N(C)C)CC2)n1. The first-order valence-corrected chi connectivity index (χ1v) is 11.4. The van der Waals surface area contributed by atoms with Crippen LogP contribution in [0.3, 0.4) is 0 Å². The molecule has 170 valence electrons. The number of carbonyl (C=O) groups excluding carboxylic acids is 1. The van der Waals surface area contributed by atoms with E-state index in [1.54, 1.807) is 7.11 Å². The van der Waals surface area contributed by atoms with Crippen molar-refractivity contribution in [3.63, 3.8) is 0 Å². The predicted molar refractivity (Wildman–Crippen MR) is 120 cm³/mol. The topological polar surface area (TPSA) is 80.5 Å². The van der Waals surface area contributed by atoms with Gasteiger partial charge in [0, 0.05) is 19.7 Å². The average molecular weight is 429 g/mol. The Bertz CT molecular complexity index is 785. The number of aromatic nitrogens is 2. The number of benzene rings is 1. The molecule has 1 amide bonds. The minimum absolute atomic E-state index is 0.00278. The Balaban J connectivity index is 1.38. The van der Waals surface area contributed by atoms with E-state index in [9.17, 15) is 4.79 Å². The predicted octanol–water partition coefficient (Wildman–Crippen LogP) is 3.71. The van der Waals surface area contributed by atoms with E-state index in [1.165, 1.54) is 37.7 Å². The zero-order valence-electron chi connectivity index (χ0n) is 19.0. The standard InChI is InChI=1S/C24H36N4O3/c1-28(2)21(14-11-18-7-5-4-6-8-18)20-12-9-19(10-13-20)15-16-25-23(29)24-26-22(17-30-3)27-31-24/h4-8,19-21H,9-17H2,1-3H3,(H,25,29). The second-order valence-corrected chi connectivity index (χ2v) is 8.83. The summed E-state index contributed by atoms with van der Waals surface area (Å²) < 4.78 is 9.92. The summed E-state index contributed by atoms with van der Waals surface area (Å²) in [5, 5.41) is 6.63. The number of carbonyl (C=O) groups is 1. The second-order valence-electron chi connectivity index (χ2n) is 8.83. The molecule has 1 aliphatic rings. The van der Waals surface area contributed by atoms with Gasteiger partial charge in [0.15, 0.2) is 5.82 Å². The monoisotopic (exact) mass is 428 g/mol. The lowest BCUT2D eigenvalue weighted by atomic mass is 9.76. The molecule has 3 rings (SSSR count). The van der Waals surface area contributed by atoms with Gasteiger partial charge in [0.1, 0.15) is 6.61 Å². The van der Waals surface area contributed by atoms with E-state index in [1.807, 2.05) is 0 Å². The van der Waals surface area contributed by atoms with Gasteiger partial charge in [-0.05, 0) is 63.6 Å². The molecule has 0 spiro atoms. The molecule has 1 aliphatic carbocycles. The van der Waals surface area contributed by atoms with Crippen LogP contribution in [0.2, 0.25) is 0 Å². The highest BCUT2D eigenvalue weighted by Crippen LogP contribution is 2.35. The zero-order chi connectivity index (χ0) is 22.1. The molecule has 0 saturated heterocycles. The van der Waals surface area contributed by atoms with Crippen LogP contribution in [0.1, 0.15) is 60.6 Å². The number of nitrogens with one attached hydrogen (secondary N) is 1. The summed E-state index contributed by atoms with van der Waals surface area (Å²) in [6, 6.07) is 11.4. The van der Waals surface area contributed by atoms with Gasteiger partial charge >= 0.3 is 11.8 Å². The first-order valence-electron chi connectivity index (χ1n) is 11.4. The largest absolute Gasteiger partial charge is 0.377 e. The lowest BCUT2D eigenvalue weighted by molar-refractivity contribution is 0.0903. The smallest absolute Gasteiger partial charge is 0.316 e. The maximum absolute atomic E-state index is 12.2. The lowest BCUT2D eigenvalue weighted by Gasteiger charge is -2.37. The summed E-state index contributed by atoms with van der Waals surface area (Å²) in [6.07, 6.45) is 8.33. The number of methoxy groups -OCH3 is 1. The Hall–Kier alpha value is -2.25. The van der Waals surface area contributed by atoms with Crippen LogP contribution in [0, 0.1) is 11.8 Å². The van der Waals surface area contributed by atoms with Crippen molar-refractivity contribution in [2.45, 2.75) is 57.6 Å². The van der Waals surface area contributed by atoms with Crippen LogP contribution in [-0.2, 0) is 17.8 Å². The fourth-order valence-corrected chi connectivity index (χ4v) is 4.74. The lowest BCUT2D eigenvalue weighted by Crippen LogP contribution is -2.38. The Morgan fingerprint density at radius 1 is 1.23 bits per heavy atom. The molecule has 1 saturated carbocycles. The molecule has 2 aromatic rings. The number of ether oxygens (including phenoxy) is 1. The van der Waals surface area contributed by atoms with Gasteiger partial charge in [-0.1, -0.05) is 48.3 Å². The summed E-state index contributed by atoms with van der Waals surface area (Å²) >= 11 is 0. The third kappa shape index (κ3) is 7.14. The van der Waals surface area contributed by atoms with Gasteiger partial charge in [0.05, 0.1) is 0 Å². The van der Waals surface area contributed by atoms with Gasteiger partial charge in [-0.15, -0.1) is 0 Å². The van der Waals surface area contributed by atoms with Crippen molar-refractivity contribution in [2.75, 3.05) is 27.7 Å². The minimum atomic E-state index is -0.308. The van der Waals surface area contributed by atoms with Crippen molar-refractivity contribution < 1.29 is 14.1 Å². The van der Waals surface area contributed by atoms with Crippen LogP contribution in [-0.4, -0.2) is 54.7 Å². The number of nitrogens with zero attached hydrogens (tertiary/aromatic N) is 3. The molecule has 7 nitrogen and oxygen atoms in total. The number of hydrogen-bond acceptors (Lipinski definition) is 6. The molecule has 1 N–H and O–H groups in total. The fraction of sp³-hybridized carbons (Fsp3) is 0.625. The van der Waals surface area contributed by atoms with Crippen molar-refractivity contribution in [3.8, 4) is 0 Å². The first kappa shape index (κ1) is 23.4. The summed E-state index contributed by atoms with van der Waals surface area (Å²) in [7, 11) is 5.98. The van der Waals surface area contributed by atoms with Crippen molar-refractivity contribution >= 4 is 5.91 Å². The first-order chi connectivity index (χ1) is 15.1. The van der Waals surface area contributed by atoms with Crippen molar-refractivity contribution in [1.82, 2.24) is 20.4 Å². The quantitative estimate of drug-likeness (QED) is 0.588. The number of amides is 1. The van der Waals surface area contributed by atoms with Gasteiger partial charge < -0.3 is 19.5 Å². The van der Waals surface area contributed by atoms with Crippen molar-refractivity contribution in [1.29, 1.82) is 0 Å². The summed E-state index contributed by atoms with van der Waals surface area (Å²) in [4.78, 5) is 18.6. The van der Waals surface area contributed by atoms with Gasteiger partial charge in [-0.25, -0.2) is 0 Å². The van der Waals surface area contributed by atoms with Crippen LogP contribution >= 0.6 is 0 Å². The molecule has 7 heteroatoms. The van der Waals surface area contributed by atoms with Gasteiger partial charge in [0.25, 0.3) is 0 Å². The molecule has 1 atom stereocenters. The fourth-order valence-electron chi connectivity index (χ4n) is 4.74. The molecular weight excluding hydrogens is 392 g/mol. The van der Waals surface area contributed by atoms with Crippen LogP contribution < -0.4 is 5.32 Å². The Morgan fingerprint density at radius 2 is 1.97 bits per heavy atom. The van der Waals surface area contributed by atoms with Crippen LogP contribution in [0.15, 0.2) is 34.9 Å². The zero-order valence-corrected chi connectivity index (χ0v) is 19.0. The normalized spacial score (nSPS) is 20.0. The van der Waals surface area contributed by atoms with E-state index < -0.39 is 0 Å². The molecular formula is C24H36N4O3. The molecule has 0 radical (unpaired) electrons. The molecule has 0 aliphatic heterocycles. The Labute approximate surface area is 185 Å². The van der Waals surface area contributed by atoms with Gasteiger partial charge in [0.2, 0.25) is 0 Å².